The molecule has 140 valence electrons. The number of hydrogen-bond donors (Lipinski definition) is 1. The van der Waals surface area contributed by atoms with Gasteiger partial charge in [0, 0.05) is 0 Å². The number of halogens is 1. The number of esters is 1. The van der Waals surface area contributed by atoms with Gasteiger partial charge in [0.25, 0.3) is 0 Å². The summed E-state index contributed by atoms with van der Waals surface area (Å²) in [6.45, 7) is 4.33. The van der Waals surface area contributed by atoms with Crippen molar-refractivity contribution in [3.05, 3.63) is 0 Å². The van der Waals surface area contributed by atoms with E-state index in [4.69, 9.17) is 4.74 Å². The van der Waals surface area contributed by atoms with Crippen LogP contribution in [-0.2, 0) is 9.53 Å². The van der Waals surface area contributed by atoms with E-state index in [0.717, 1.165) is 12.8 Å². The minimum atomic E-state index is -0.713. The molecule has 0 bridgehead atoms. The van der Waals surface area contributed by atoms with E-state index in [2.05, 4.69) is 6.92 Å². The summed E-state index contributed by atoms with van der Waals surface area (Å²) in [6, 6.07) is -0.567. The average Bonchev–Trinajstić information content (AvgIpc) is 2.44. The number of ether oxygens (including phenoxy) is 1. The van der Waals surface area contributed by atoms with Crippen molar-refractivity contribution in [3.8, 4) is 0 Å². The first-order valence-corrected chi connectivity index (χ1v) is 9.01. The van der Waals surface area contributed by atoms with E-state index in [1.165, 1.54) is 51.4 Å². The molecule has 0 fully saturated rings. The van der Waals surface area contributed by atoms with Crippen LogP contribution in [0.1, 0.15) is 78.1 Å². The van der Waals surface area contributed by atoms with Crippen LogP contribution < -0.4 is 0 Å². The van der Waals surface area contributed by atoms with Crippen LogP contribution in [0.5, 0.6) is 0 Å². The lowest BCUT2D eigenvalue weighted by Crippen LogP contribution is -2.45. The molecule has 0 rings (SSSR count). The molecule has 0 aliphatic rings. The molecule has 0 aromatic rings. The van der Waals surface area contributed by atoms with E-state index in [0.29, 0.717) is 6.61 Å². The van der Waals surface area contributed by atoms with Gasteiger partial charge in [-0.15, -0.1) is 12.4 Å². The highest BCUT2D eigenvalue weighted by atomic mass is 35.5. The summed E-state index contributed by atoms with van der Waals surface area (Å²) in [7, 11) is 3.55. The zero-order valence-corrected chi connectivity index (χ0v) is 16.4. The van der Waals surface area contributed by atoms with Crippen LogP contribution in [0.15, 0.2) is 0 Å². The van der Waals surface area contributed by atoms with Crippen LogP contribution in [-0.4, -0.2) is 48.8 Å². The Kier molecular flexibility index (Phi) is 17.9. The normalized spacial score (nSPS) is 13.5. The standard InChI is InChI=1S/C18H37NO3.ClH/c1-5-6-7-8-9-10-11-12-13-14-15-22-18(21)17(16(2)20)19(3)4;/h16-17,20H,5-15H2,1-4H3;1H. The van der Waals surface area contributed by atoms with E-state index in [1.807, 2.05) is 0 Å². The molecule has 0 aliphatic carbocycles. The summed E-state index contributed by atoms with van der Waals surface area (Å²) < 4.78 is 5.26. The molecule has 2 atom stereocenters. The summed E-state index contributed by atoms with van der Waals surface area (Å²) in [5.41, 5.74) is 0. The Hall–Kier alpha value is -0.320. The second-order valence-electron chi connectivity index (χ2n) is 6.50. The average molecular weight is 352 g/mol. The predicted octanol–water partition coefficient (Wildman–Crippen LogP) is 4.18. The number of rotatable bonds is 14. The number of likely N-dealkylation sites (N-methyl/N-ethyl adjacent to an activating group) is 1. The Bertz CT molecular complexity index is 265. The topological polar surface area (TPSA) is 49.8 Å². The first-order chi connectivity index (χ1) is 10.5. The first kappa shape index (κ1) is 24.9. The highest BCUT2D eigenvalue weighted by molar-refractivity contribution is 5.85. The smallest absolute Gasteiger partial charge is 0.326 e. The molecule has 2 unspecified atom stereocenters. The van der Waals surface area contributed by atoms with Crippen LogP contribution in [0.2, 0.25) is 0 Å². The minimum absolute atomic E-state index is 0. The highest BCUT2D eigenvalue weighted by Gasteiger charge is 2.27. The molecule has 0 saturated heterocycles. The summed E-state index contributed by atoms with van der Waals surface area (Å²) in [6.07, 6.45) is 11.9. The number of nitrogens with zero attached hydrogens (tertiary/aromatic N) is 1. The maximum absolute atomic E-state index is 11.9. The molecule has 0 aromatic carbocycles. The van der Waals surface area contributed by atoms with Gasteiger partial charge in [0.15, 0.2) is 0 Å². The van der Waals surface area contributed by atoms with Crippen LogP contribution >= 0.6 is 12.4 Å². The van der Waals surface area contributed by atoms with Gasteiger partial charge in [0.2, 0.25) is 0 Å². The molecule has 23 heavy (non-hydrogen) atoms. The molecule has 0 aromatic heterocycles. The van der Waals surface area contributed by atoms with Crippen molar-refractivity contribution >= 4 is 18.4 Å². The molecule has 1 N–H and O–H groups in total. The fraction of sp³-hybridized carbons (Fsp3) is 0.944. The molecule has 4 nitrogen and oxygen atoms in total. The quantitative estimate of drug-likeness (QED) is 0.376. The maximum atomic E-state index is 11.9. The number of aliphatic hydroxyl groups is 1. The van der Waals surface area contributed by atoms with Gasteiger partial charge in [0.05, 0.1) is 12.7 Å². The van der Waals surface area contributed by atoms with Crippen molar-refractivity contribution in [2.45, 2.75) is 90.2 Å². The maximum Gasteiger partial charge on any atom is 0.326 e. The zero-order chi connectivity index (χ0) is 16.8. The summed E-state index contributed by atoms with van der Waals surface area (Å²) >= 11 is 0. The van der Waals surface area contributed by atoms with E-state index in [9.17, 15) is 9.90 Å². The number of carbonyl (C=O) groups excluding carboxylic acids is 1. The number of unbranched alkanes of at least 4 members (excludes halogenated alkanes) is 9. The van der Waals surface area contributed by atoms with Gasteiger partial charge in [-0.3, -0.25) is 9.69 Å². The zero-order valence-electron chi connectivity index (χ0n) is 15.6. The van der Waals surface area contributed by atoms with E-state index in [1.54, 1.807) is 25.9 Å². The van der Waals surface area contributed by atoms with Gasteiger partial charge < -0.3 is 9.84 Å². The lowest BCUT2D eigenvalue weighted by molar-refractivity contribution is -0.152. The largest absolute Gasteiger partial charge is 0.464 e. The van der Waals surface area contributed by atoms with E-state index < -0.39 is 12.1 Å². The van der Waals surface area contributed by atoms with Crippen molar-refractivity contribution in [3.63, 3.8) is 0 Å². The minimum Gasteiger partial charge on any atom is -0.464 e. The lowest BCUT2D eigenvalue weighted by Gasteiger charge is -2.24. The highest BCUT2D eigenvalue weighted by Crippen LogP contribution is 2.11. The summed E-state index contributed by atoms with van der Waals surface area (Å²) in [4.78, 5) is 13.6. The molecular formula is C18H38ClNO3. The van der Waals surface area contributed by atoms with Crippen LogP contribution in [0.3, 0.4) is 0 Å². The Morgan fingerprint density at radius 3 is 1.78 bits per heavy atom. The third-order valence-corrected chi connectivity index (χ3v) is 4.00. The van der Waals surface area contributed by atoms with Gasteiger partial charge >= 0.3 is 5.97 Å². The van der Waals surface area contributed by atoms with Crippen LogP contribution in [0, 0.1) is 0 Å². The fourth-order valence-electron chi connectivity index (χ4n) is 2.69. The fourth-order valence-corrected chi connectivity index (χ4v) is 2.69. The Labute approximate surface area is 149 Å². The molecule has 0 aliphatic heterocycles. The monoisotopic (exact) mass is 351 g/mol. The summed E-state index contributed by atoms with van der Waals surface area (Å²) in [5.74, 6) is -0.323. The Morgan fingerprint density at radius 1 is 0.957 bits per heavy atom. The molecule has 0 radical (unpaired) electrons. The van der Waals surface area contributed by atoms with Crippen molar-refractivity contribution in [2.24, 2.45) is 0 Å². The Morgan fingerprint density at radius 2 is 1.39 bits per heavy atom. The van der Waals surface area contributed by atoms with Crippen molar-refractivity contribution < 1.29 is 14.6 Å². The second kappa shape index (κ2) is 16.5. The number of hydrogen-bond acceptors (Lipinski definition) is 4. The number of aliphatic hydroxyl groups excluding tert-OH is 1. The van der Waals surface area contributed by atoms with Crippen molar-refractivity contribution in [1.82, 2.24) is 4.90 Å². The van der Waals surface area contributed by atoms with Crippen molar-refractivity contribution in [1.29, 1.82) is 0 Å². The third kappa shape index (κ3) is 13.8. The van der Waals surface area contributed by atoms with Crippen LogP contribution in [0.25, 0.3) is 0 Å². The van der Waals surface area contributed by atoms with Gasteiger partial charge in [-0.2, -0.15) is 0 Å². The van der Waals surface area contributed by atoms with Gasteiger partial charge in [-0.25, -0.2) is 0 Å². The van der Waals surface area contributed by atoms with E-state index >= 15 is 0 Å². The predicted molar refractivity (Wildman–Crippen MR) is 99.2 cm³/mol. The molecule has 0 saturated carbocycles. The van der Waals surface area contributed by atoms with Gasteiger partial charge in [-0.05, 0) is 27.4 Å². The molecule has 0 heterocycles. The summed E-state index contributed by atoms with van der Waals surface area (Å²) in [5, 5.41) is 9.59. The molecule has 5 heteroatoms. The number of carbonyl (C=O) groups is 1. The third-order valence-electron chi connectivity index (χ3n) is 4.00. The van der Waals surface area contributed by atoms with E-state index in [-0.39, 0.29) is 18.4 Å². The molecule has 0 amide bonds. The van der Waals surface area contributed by atoms with Gasteiger partial charge in [0.1, 0.15) is 6.04 Å². The van der Waals surface area contributed by atoms with Crippen LogP contribution in [0.4, 0.5) is 0 Å². The first-order valence-electron chi connectivity index (χ1n) is 9.01. The second-order valence-corrected chi connectivity index (χ2v) is 6.50. The molecule has 0 spiro atoms. The Balaban J connectivity index is 0. The van der Waals surface area contributed by atoms with Gasteiger partial charge in [-0.1, -0.05) is 64.7 Å². The SMILES string of the molecule is CCCCCCCCCCCCOC(=O)C(C(C)O)N(C)C.Cl. The molecular weight excluding hydrogens is 314 g/mol. The van der Waals surface area contributed by atoms with Crippen molar-refractivity contribution in [2.75, 3.05) is 20.7 Å². The lowest BCUT2D eigenvalue weighted by atomic mass is 10.1.